The minimum atomic E-state index is -0.227. The molecule has 2 aromatic heterocycles. The summed E-state index contributed by atoms with van der Waals surface area (Å²) in [6.07, 6.45) is 0. The van der Waals surface area contributed by atoms with Gasteiger partial charge in [0.2, 0.25) is 4.96 Å². The zero-order chi connectivity index (χ0) is 12.7. The molecule has 2 heterocycles. The molecule has 1 aromatic carbocycles. The summed E-state index contributed by atoms with van der Waals surface area (Å²) in [6, 6.07) is 7.72. The maximum Gasteiger partial charge on any atom is 0.296 e. The van der Waals surface area contributed by atoms with Crippen molar-refractivity contribution in [2.24, 2.45) is 0 Å². The van der Waals surface area contributed by atoms with E-state index in [1.165, 1.54) is 15.9 Å². The van der Waals surface area contributed by atoms with E-state index in [2.05, 4.69) is 31.2 Å². The lowest BCUT2D eigenvalue weighted by Crippen LogP contribution is -2.19. The SMILES string of the molecule is Cc1nnc2sc(-c3ccccc3Br)nn2c1=O. The molecule has 5 nitrogen and oxygen atoms in total. The van der Waals surface area contributed by atoms with Gasteiger partial charge in [-0.3, -0.25) is 4.79 Å². The first-order valence-corrected chi connectivity index (χ1v) is 6.76. The van der Waals surface area contributed by atoms with Gasteiger partial charge in [-0.1, -0.05) is 45.5 Å². The maximum atomic E-state index is 11.9. The minimum Gasteiger partial charge on any atom is -0.265 e. The van der Waals surface area contributed by atoms with Crippen molar-refractivity contribution in [1.82, 2.24) is 19.8 Å². The summed E-state index contributed by atoms with van der Waals surface area (Å²) in [4.78, 5) is 12.3. The Bertz CT molecular complexity index is 795. The second-order valence-corrected chi connectivity index (χ2v) is 5.48. The molecule has 3 rings (SSSR count). The first-order chi connectivity index (χ1) is 8.66. The predicted molar refractivity (Wildman–Crippen MR) is 72.8 cm³/mol. The first-order valence-electron chi connectivity index (χ1n) is 5.15. The molecule has 0 radical (unpaired) electrons. The van der Waals surface area contributed by atoms with Crippen LogP contribution in [0.5, 0.6) is 0 Å². The summed E-state index contributed by atoms with van der Waals surface area (Å²) in [5.74, 6) is 0. The van der Waals surface area contributed by atoms with E-state index in [0.717, 1.165) is 15.0 Å². The highest BCUT2D eigenvalue weighted by atomic mass is 79.9. The monoisotopic (exact) mass is 322 g/mol. The van der Waals surface area contributed by atoms with Gasteiger partial charge in [-0.2, -0.15) is 9.61 Å². The Kier molecular flexibility index (Phi) is 2.71. The average Bonchev–Trinajstić information content (AvgIpc) is 2.79. The number of hydrogen-bond acceptors (Lipinski definition) is 5. The van der Waals surface area contributed by atoms with E-state index in [9.17, 15) is 4.79 Å². The minimum absolute atomic E-state index is 0.227. The van der Waals surface area contributed by atoms with Crippen LogP contribution in [0.1, 0.15) is 5.69 Å². The Labute approximate surface area is 114 Å². The summed E-state index contributed by atoms with van der Waals surface area (Å²) < 4.78 is 2.23. The molecule has 7 heteroatoms. The van der Waals surface area contributed by atoms with E-state index in [1.807, 2.05) is 24.3 Å². The third kappa shape index (κ3) is 1.75. The molecule has 18 heavy (non-hydrogen) atoms. The number of hydrogen-bond donors (Lipinski definition) is 0. The van der Waals surface area contributed by atoms with Crippen molar-refractivity contribution in [3.8, 4) is 10.6 Å². The Hall–Kier alpha value is -1.60. The molecule has 90 valence electrons. The molecule has 0 aliphatic carbocycles. The lowest BCUT2D eigenvalue weighted by Gasteiger charge is -1.97. The van der Waals surface area contributed by atoms with Gasteiger partial charge in [-0.05, 0) is 13.0 Å². The molecule has 0 aliphatic rings. The quantitative estimate of drug-likeness (QED) is 0.689. The topological polar surface area (TPSA) is 60.1 Å². The third-order valence-electron chi connectivity index (χ3n) is 2.45. The molecule has 0 fully saturated rings. The lowest BCUT2D eigenvalue weighted by molar-refractivity contribution is 0.829. The van der Waals surface area contributed by atoms with Crippen LogP contribution < -0.4 is 5.56 Å². The smallest absolute Gasteiger partial charge is 0.265 e. The molecule has 0 unspecified atom stereocenters. The molecule has 0 spiro atoms. The van der Waals surface area contributed by atoms with Crippen molar-refractivity contribution in [3.63, 3.8) is 0 Å². The molecule has 0 N–H and O–H groups in total. The Balaban J connectivity index is 2.30. The maximum absolute atomic E-state index is 11.9. The van der Waals surface area contributed by atoms with Gasteiger partial charge in [0.15, 0.2) is 0 Å². The highest BCUT2D eigenvalue weighted by Gasteiger charge is 2.12. The molecular weight excluding hydrogens is 316 g/mol. The van der Waals surface area contributed by atoms with Crippen LogP contribution in [0.25, 0.3) is 15.5 Å². The summed E-state index contributed by atoms with van der Waals surface area (Å²) in [6.45, 7) is 1.62. The normalized spacial score (nSPS) is 11.0. The van der Waals surface area contributed by atoms with E-state index in [4.69, 9.17) is 0 Å². The van der Waals surface area contributed by atoms with Crippen molar-refractivity contribution >= 4 is 32.2 Å². The fourth-order valence-electron chi connectivity index (χ4n) is 1.54. The molecular formula is C11H7BrN4OS. The fourth-order valence-corrected chi connectivity index (χ4v) is 3.02. The van der Waals surface area contributed by atoms with Gasteiger partial charge in [0.25, 0.3) is 5.56 Å². The molecule has 0 amide bonds. The highest BCUT2D eigenvalue weighted by Crippen LogP contribution is 2.30. The molecule has 0 saturated carbocycles. The van der Waals surface area contributed by atoms with Crippen molar-refractivity contribution in [2.45, 2.75) is 6.92 Å². The van der Waals surface area contributed by atoms with Crippen LogP contribution in [0, 0.1) is 6.92 Å². The van der Waals surface area contributed by atoms with Crippen LogP contribution in [0.2, 0.25) is 0 Å². The predicted octanol–water partition coefficient (Wildman–Crippen LogP) is 2.28. The third-order valence-corrected chi connectivity index (χ3v) is 4.08. The number of halogens is 1. The van der Waals surface area contributed by atoms with E-state index < -0.39 is 0 Å². The van der Waals surface area contributed by atoms with Gasteiger partial charge >= 0.3 is 0 Å². The average molecular weight is 323 g/mol. The van der Waals surface area contributed by atoms with Crippen molar-refractivity contribution in [1.29, 1.82) is 0 Å². The van der Waals surface area contributed by atoms with Crippen LogP contribution in [0.4, 0.5) is 0 Å². The van der Waals surface area contributed by atoms with E-state index >= 15 is 0 Å². The zero-order valence-corrected chi connectivity index (χ0v) is 11.7. The van der Waals surface area contributed by atoms with Crippen molar-refractivity contribution in [3.05, 3.63) is 44.8 Å². The number of aryl methyl sites for hydroxylation is 1. The summed E-state index contributed by atoms with van der Waals surface area (Å²) in [5, 5.41) is 12.8. The van der Waals surface area contributed by atoms with Crippen LogP contribution in [0.3, 0.4) is 0 Å². The fraction of sp³-hybridized carbons (Fsp3) is 0.0909. The van der Waals surface area contributed by atoms with Crippen molar-refractivity contribution in [2.75, 3.05) is 0 Å². The number of fused-ring (bicyclic) bond motifs is 1. The number of aromatic nitrogens is 4. The van der Waals surface area contributed by atoms with E-state index in [1.54, 1.807) is 6.92 Å². The molecule has 3 aromatic rings. The molecule has 0 saturated heterocycles. The van der Waals surface area contributed by atoms with E-state index in [-0.39, 0.29) is 5.56 Å². The molecule has 0 aliphatic heterocycles. The molecule has 0 bridgehead atoms. The number of rotatable bonds is 1. The second kappa shape index (κ2) is 4.25. The standard InChI is InChI=1S/C11H7BrN4OS/c1-6-10(17)16-11(14-13-6)18-9(15-16)7-4-2-3-5-8(7)12/h2-5H,1H3. The van der Waals surface area contributed by atoms with E-state index in [0.29, 0.717) is 10.7 Å². The Morgan fingerprint density at radius 2 is 2.06 bits per heavy atom. The van der Waals surface area contributed by atoms with Gasteiger partial charge in [0.05, 0.1) is 0 Å². The highest BCUT2D eigenvalue weighted by molar-refractivity contribution is 9.10. The largest absolute Gasteiger partial charge is 0.296 e. The Morgan fingerprint density at radius 3 is 2.83 bits per heavy atom. The molecule has 0 atom stereocenters. The van der Waals surface area contributed by atoms with Gasteiger partial charge < -0.3 is 0 Å². The summed E-state index contributed by atoms with van der Waals surface area (Å²) in [7, 11) is 0. The van der Waals surface area contributed by atoms with Crippen LogP contribution in [-0.2, 0) is 0 Å². The number of nitrogens with zero attached hydrogens (tertiary/aromatic N) is 4. The Morgan fingerprint density at radius 1 is 1.28 bits per heavy atom. The van der Waals surface area contributed by atoms with Gasteiger partial charge in [-0.15, -0.1) is 10.2 Å². The van der Waals surface area contributed by atoms with Crippen LogP contribution in [0.15, 0.2) is 33.5 Å². The summed E-state index contributed by atoms with van der Waals surface area (Å²) in [5.41, 5.74) is 1.05. The van der Waals surface area contributed by atoms with Gasteiger partial charge in [0, 0.05) is 10.0 Å². The first kappa shape index (κ1) is 11.5. The lowest BCUT2D eigenvalue weighted by atomic mass is 10.2. The van der Waals surface area contributed by atoms with Crippen molar-refractivity contribution < 1.29 is 0 Å². The van der Waals surface area contributed by atoms with Crippen LogP contribution in [-0.4, -0.2) is 19.8 Å². The van der Waals surface area contributed by atoms with Gasteiger partial charge in [0.1, 0.15) is 10.7 Å². The summed E-state index contributed by atoms with van der Waals surface area (Å²) >= 11 is 4.80. The van der Waals surface area contributed by atoms with Gasteiger partial charge in [-0.25, -0.2) is 0 Å². The number of benzene rings is 1. The second-order valence-electron chi connectivity index (χ2n) is 3.67. The van der Waals surface area contributed by atoms with Crippen LogP contribution >= 0.6 is 27.3 Å². The zero-order valence-electron chi connectivity index (χ0n) is 9.29.